The predicted octanol–water partition coefficient (Wildman–Crippen LogP) is 3.14. The fourth-order valence-corrected chi connectivity index (χ4v) is 4.49. The summed E-state index contributed by atoms with van der Waals surface area (Å²) < 4.78 is 21.0. The number of piperidine rings is 1. The monoisotopic (exact) mass is 415 g/mol. The van der Waals surface area contributed by atoms with E-state index in [0.29, 0.717) is 43.6 Å². The van der Waals surface area contributed by atoms with E-state index in [1.807, 2.05) is 11.0 Å². The Kier molecular flexibility index (Phi) is 5.02. The molecule has 1 unspecified atom stereocenters. The lowest BCUT2D eigenvalue weighted by molar-refractivity contribution is -0.0432. The van der Waals surface area contributed by atoms with Crippen molar-refractivity contribution in [2.75, 3.05) is 19.7 Å². The highest BCUT2D eigenvalue weighted by Crippen LogP contribution is 2.45. The number of nitrogens with zero attached hydrogens (tertiary/aromatic N) is 3. The highest BCUT2D eigenvalue weighted by molar-refractivity contribution is 5.92. The fourth-order valence-electron chi connectivity index (χ4n) is 4.49. The van der Waals surface area contributed by atoms with E-state index in [2.05, 4.69) is 25.9 Å². The molecule has 4 rings (SSSR count). The molecule has 1 aromatic carbocycles. The molecule has 2 saturated heterocycles. The number of halogens is 1. The summed E-state index contributed by atoms with van der Waals surface area (Å²) in [4.78, 5) is 14.9. The molecule has 2 aliphatic heterocycles. The van der Waals surface area contributed by atoms with E-state index >= 15 is 0 Å². The van der Waals surface area contributed by atoms with Crippen LogP contribution in [0.4, 0.5) is 4.39 Å². The van der Waals surface area contributed by atoms with Crippen molar-refractivity contribution in [2.24, 2.45) is 7.05 Å². The highest BCUT2D eigenvalue weighted by Gasteiger charge is 2.51. The minimum Gasteiger partial charge on any atom is -0.383 e. The van der Waals surface area contributed by atoms with Crippen LogP contribution in [0.25, 0.3) is 0 Å². The molecule has 0 aliphatic carbocycles. The van der Waals surface area contributed by atoms with Gasteiger partial charge in [0.15, 0.2) is 0 Å². The third-order valence-corrected chi connectivity index (χ3v) is 6.44. The first-order valence-corrected chi connectivity index (χ1v) is 10.5. The lowest BCUT2D eigenvalue weighted by atomic mass is 9.80. The smallest absolute Gasteiger partial charge is 0.272 e. The molecule has 1 spiro atoms. The second-order valence-corrected chi connectivity index (χ2v) is 9.77. The van der Waals surface area contributed by atoms with E-state index < -0.39 is 11.2 Å². The van der Waals surface area contributed by atoms with Crippen LogP contribution in [-0.4, -0.2) is 51.0 Å². The first-order valence-electron chi connectivity index (χ1n) is 10.5. The molecule has 2 fully saturated rings. The van der Waals surface area contributed by atoms with Crippen LogP contribution < -0.4 is 0 Å². The van der Waals surface area contributed by atoms with Gasteiger partial charge in [0.05, 0.1) is 17.9 Å². The van der Waals surface area contributed by atoms with Gasteiger partial charge in [0.1, 0.15) is 17.1 Å². The maximum atomic E-state index is 13.2. The van der Waals surface area contributed by atoms with Crippen LogP contribution in [0.1, 0.15) is 61.8 Å². The summed E-state index contributed by atoms with van der Waals surface area (Å²) in [7, 11) is 1.80. The van der Waals surface area contributed by atoms with Crippen molar-refractivity contribution >= 4 is 5.91 Å². The standard InChI is InChI=1S/C23H30FN3O3/c1-21(2,3)19-13-18(26(4)25-19)20(28)27-11-9-22(10-12-27)14-23(29,15-30-22)16-5-7-17(24)8-6-16/h5-8,13,29H,9-12,14-15H2,1-4H3. The summed E-state index contributed by atoms with van der Waals surface area (Å²) in [5, 5.41) is 15.6. The van der Waals surface area contributed by atoms with E-state index in [0.717, 1.165) is 5.69 Å². The molecule has 2 aliphatic rings. The lowest BCUT2D eigenvalue weighted by Crippen LogP contribution is -2.47. The molecule has 0 radical (unpaired) electrons. The summed E-state index contributed by atoms with van der Waals surface area (Å²) in [6.07, 6.45) is 1.77. The second kappa shape index (κ2) is 7.17. The molecular weight excluding hydrogens is 385 g/mol. The van der Waals surface area contributed by atoms with E-state index in [1.54, 1.807) is 23.9 Å². The molecule has 0 bridgehead atoms. The average Bonchev–Trinajstić information content (AvgIpc) is 3.24. The number of aryl methyl sites for hydroxylation is 1. The molecule has 30 heavy (non-hydrogen) atoms. The van der Waals surface area contributed by atoms with Gasteiger partial charge in [-0.25, -0.2) is 4.39 Å². The Bertz CT molecular complexity index is 940. The number of hydrogen-bond acceptors (Lipinski definition) is 4. The van der Waals surface area contributed by atoms with Crippen LogP contribution in [0.15, 0.2) is 30.3 Å². The topological polar surface area (TPSA) is 67.6 Å². The van der Waals surface area contributed by atoms with Crippen LogP contribution in [0.5, 0.6) is 0 Å². The van der Waals surface area contributed by atoms with Gasteiger partial charge in [-0.15, -0.1) is 0 Å². The van der Waals surface area contributed by atoms with Crippen molar-refractivity contribution < 1.29 is 19.0 Å². The fraction of sp³-hybridized carbons (Fsp3) is 0.565. The molecule has 1 amide bonds. The van der Waals surface area contributed by atoms with Crippen molar-refractivity contribution in [3.8, 4) is 0 Å². The number of ether oxygens (including phenoxy) is 1. The van der Waals surface area contributed by atoms with E-state index in [-0.39, 0.29) is 23.7 Å². The van der Waals surface area contributed by atoms with Gasteiger partial charge in [-0.1, -0.05) is 32.9 Å². The van der Waals surface area contributed by atoms with E-state index in [9.17, 15) is 14.3 Å². The van der Waals surface area contributed by atoms with Crippen LogP contribution in [0.3, 0.4) is 0 Å². The number of carbonyl (C=O) groups excluding carboxylic acids is 1. The van der Waals surface area contributed by atoms with Gasteiger partial charge in [0, 0.05) is 32.0 Å². The number of hydrogen-bond donors (Lipinski definition) is 1. The van der Waals surface area contributed by atoms with Crippen LogP contribution in [0, 0.1) is 5.82 Å². The highest BCUT2D eigenvalue weighted by atomic mass is 19.1. The van der Waals surface area contributed by atoms with Gasteiger partial charge < -0.3 is 14.7 Å². The number of carbonyl (C=O) groups is 1. The quantitative estimate of drug-likeness (QED) is 0.818. The molecule has 1 N–H and O–H groups in total. The molecule has 1 aromatic heterocycles. The summed E-state index contributed by atoms with van der Waals surface area (Å²) >= 11 is 0. The van der Waals surface area contributed by atoms with Gasteiger partial charge >= 0.3 is 0 Å². The Hall–Kier alpha value is -2.25. The van der Waals surface area contributed by atoms with Gasteiger partial charge in [-0.3, -0.25) is 9.48 Å². The van der Waals surface area contributed by atoms with Crippen molar-refractivity contribution in [3.05, 3.63) is 53.1 Å². The number of rotatable bonds is 2. The van der Waals surface area contributed by atoms with Crippen molar-refractivity contribution in [1.82, 2.24) is 14.7 Å². The molecule has 1 atom stereocenters. The summed E-state index contributed by atoms with van der Waals surface area (Å²) in [5.41, 5.74) is 0.456. The number of aliphatic hydroxyl groups is 1. The molecule has 7 heteroatoms. The summed E-state index contributed by atoms with van der Waals surface area (Å²) in [6, 6.07) is 7.84. The third-order valence-electron chi connectivity index (χ3n) is 6.44. The van der Waals surface area contributed by atoms with Gasteiger partial charge in [0.25, 0.3) is 5.91 Å². The van der Waals surface area contributed by atoms with E-state index in [4.69, 9.17) is 4.74 Å². The summed E-state index contributed by atoms with van der Waals surface area (Å²) in [6.45, 7) is 7.54. The number of aromatic nitrogens is 2. The Morgan fingerprint density at radius 2 is 1.83 bits per heavy atom. The second-order valence-electron chi connectivity index (χ2n) is 9.77. The maximum absolute atomic E-state index is 13.2. The van der Waals surface area contributed by atoms with Crippen LogP contribution in [-0.2, 0) is 22.8 Å². The SMILES string of the molecule is Cn1nc(C(C)(C)C)cc1C(=O)N1CCC2(CC1)CC(O)(c1ccc(F)cc1)CO2. The van der Waals surface area contributed by atoms with Gasteiger partial charge in [0.2, 0.25) is 0 Å². The van der Waals surface area contributed by atoms with Gasteiger partial charge in [-0.2, -0.15) is 5.10 Å². The maximum Gasteiger partial charge on any atom is 0.272 e. The lowest BCUT2D eigenvalue weighted by Gasteiger charge is -2.39. The zero-order valence-corrected chi connectivity index (χ0v) is 18.1. The number of likely N-dealkylation sites (tertiary alicyclic amines) is 1. The zero-order valence-electron chi connectivity index (χ0n) is 18.1. The number of benzene rings is 1. The minimum absolute atomic E-state index is 0.0258. The van der Waals surface area contributed by atoms with Crippen molar-refractivity contribution in [1.29, 1.82) is 0 Å². The normalized spacial score (nSPS) is 23.9. The first-order chi connectivity index (χ1) is 14.0. The predicted molar refractivity (Wildman–Crippen MR) is 111 cm³/mol. The third kappa shape index (κ3) is 3.76. The Labute approximate surface area is 176 Å². The Morgan fingerprint density at radius 3 is 2.40 bits per heavy atom. The average molecular weight is 416 g/mol. The molecule has 3 heterocycles. The van der Waals surface area contributed by atoms with Crippen LogP contribution >= 0.6 is 0 Å². The van der Waals surface area contributed by atoms with Crippen molar-refractivity contribution in [3.63, 3.8) is 0 Å². The van der Waals surface area contributed by atoms with E-state index in [1.165, 1.54) is 12.1 Å². The minimum atomic E-state index is -1.12. The Balaban J connectivity index is 1.43. The molecule has 162 valence electrons. The molecule has 0 saturated carbocycles. The first kappa shape index (κ1) is 21.0. The molecule has 2 aromatic rings. The molecule has 6 nitrogen and oxygen atoms in total. The van der Waals surface area contributed by atoms with Gasteiger partial charge in [-0.05, 0) is 36.6 Å². The molecular formula is C23H30FN3O3. The van der Waals surface area contributed by atoms with Crippen LogP contribution in [0.2, 0.25) is 0 Å². The number of amides is 1. The largest absolute Gasteiger partial charge is 0.383 e. The Morgan fingerprint density at radius 1 is 1.20 bits per heavy atom. The van der Waals surface area contributed by atoms with Crippen molar-refractivity contribution in [2.45, 2.75) is 56.7 Å². The summed E-state index contributed by atoms with van der Waals surface area (Å²) in [5.74, 6) is -0.352. The zero-order chi connectivity index (χ0) is 21.7.